The molecule has 5 nitrogen and oxygen atoms in total. The number of hydrogen-bond donors (Lipinski definition) is 1. The first kappa shape index (κ1) is 12.5. The van der Waals surface area contributed by atoms with Crippen LogP contribution in [-0.2, 0) is 0 Å². The van der Waals surface area contributed by atoms with Crippen molar-refractivity contribution in [1.29, 1.82) is 0 Å². The number of nitrogens with zero attached hydrogens (tertiary/aromatic N) is 1. The molecular formula is C13H18N2O3. The van der Waals surface area contributed by atoms with Crippen LogP contribution >= 0.6 is 0 Å². The quantitative estimate of drug-likeness (QED) is 0.888. The summed E-state index contributed by atoms with van der Waals surface area (Å²) in [5.74, 6) is 1.50. The first-order valence-electron chi connectivity index (χ1n) is 5.81. The van der Waals surface area contributed by atoms with Crippen LogP contribution in [-0.4, -0.2) is 38.7 Å². The number of aryl methyl sites for hydroxylation is 1. The van der Waals surface area contributed by atoms with E-state index in [-0.39, 0.29) is 12.1 Å². The van der Waals surface area contributed by atoms with Gasteiger partial charge in [-0.05, 0) is 18.6 Å². The van der Waals surface area contributed by atoms with Crippen LogP contribution in [0.4, 0.5) is 4.79 Å². The molecule has 0 aromatic heterocycles. The van der Waals surface area contributed by atoms with Gasteiger partial charge in [0.2, 0.25) is 0 Å². The SMILES string of the molecule is COc1cc(C)c(C2CN(C)C(=O)N2)c(OC)c1. The summed E-state index contributed by atoms with van der Waals surface area (Å²) in [6.07, 6.45) is 0. The first-order valence-corrected chi connectivity index (χ1v) is 5.81. The molecule has 1 saturated heterocycles. The number of ether oxygens (including phenoxy) is 2. The summed E-state index contributed by atoms with van der Waals surface area (Å²) in [6, 6.07) is 3.69. The summed E-state index contributed by atoms with van der Waals surface area (Å²) in [7, 11) is 5.03. The highest BCUT2D eigenvalue weighted by atomic mass is 16.5. The average molecular weight is 250 g/mol. The van der Waals surface area contributed by atoms with Crippen molar-refractivity contribution in [3.8, 4) is 11.5 Å². The molecule has 0 spiro atoms. The summed E-state index contributed by atoms with van der Waals surface area (Å²) >= 11 is 0. The highest BCUT2D eigenvalue weighted by molar-refractivity contribution is 5.77. The van der Waals surface area contributed by atoms with Crippen LogP contribution in [0.3, 0.4) is 0 Å². The van der Waals surface area contributed by atoms with Crippen LogP contribution in [0.1, 0.15) is 17.2 Å². The molecule has 0 radical (unpaired) electrons. The summed E-state index contributed by atoms with van der Waals surface area (Å²) in [6.45, 7) is 2.63. The monoisotopic (exact) mass is 250 g/mol. The van der Waals surface area contributed by atoms with E-state index >= 15 is 0 Å². The van der Waals surface area contributed by atoms with Crippen LogP contribution in [0.25, 0.3) is 0 Å². The lowest BCUT2D eigenvalue weighted by Gasteiger charge is -2.18. The highest BCUT2D eigenvalue weighted by Crippen LogP contribution is 2.34. The molecule has 1 aromatic carbocycles. The lowest BCUT2D eigenvalue weighted by Crippen LogP contribution is -2.24. The third-order valence-electron chi connectivity index (χ3n) is 3.23. The summed E-state index contributed by atoms with van der Waals surface area (Å²) in [5.41, 5.74) is 2.06. The Bertz CT molecular complexity index is 474. The molecule has 0 bridgehead atoms. The van der Waals surface area contributed by atoms with Gasteiger partial charge in [-0.1, -0.05) is 0 Å². The van der Waals surface area contributed by atoms with Gasteiger partial charge in [0.05, 0.1) is 20.3 Å². The second kappa shape index (κ2) is 4.76. The Kier molecular flexibility index (Phi) is 3.32. The molecule has 1 fully saturated rings. The number of hydrogen-bond acceptors (Lipinski definition) is 3. The van der Waals surface area contributed by atoms with Crippen LogP contribution in [0.15, 0.2) is 12.1 Å². The average Bonchev–Trinajstić information content (AvgIpc) is 2.67. The van der Waals surface area contributed by atoms with Gasteiger partial charge in [-0.3, -0.25) is 0 Å². The fraction of sp³-hybridized carbons (Fsp3) is 0.462. The van der Waals surface area contributed by atoms with Crippen molar-refractivity contribution < 1.29 is 14.3 Å². The molecule has 1 N–H and O–H groups in total. The fourth-order valence-electron chi connectivity index (χ4n) is 2.29. The molecule has 2 rings (SSSR count). The molecular weight excluding hydrogens is 232 g/mol. The number of likely N-dealkylation sites (N-methyl/N-ethyl adjacent to an activating group) is 1. The van der Waals surface area contributed by atoms with Crippen molar-refractivity contribution in [1.82, 2.24) is 10.2 Å². The highest BCUT2D eigenvalue weighted by Gasteiger charge is 2.30. The van der Waals surface area contributed by atoms with Crippen LogP contribution in [0.5, 0.6) is 11.5 Å². The molecule has 98 valence electrons. The largest absolute Gasteiger partial charge is 0.497 e. The minimum atomic E-state index is -0.0581. The zero-order chi connectivity index (χ0) is 13.3. The van der Waals surface area contributed by atoms with Gasteiger partial charge in [-0.25, -0.2) is 4.79 Å². The van der Waals surface area contributed by atoms with Gasteiger partial charge in [0.25, 0.3) is 0 Å². The van der Waals surface area contributed by atoms with Crippen molar-refractivity contribution in [2.75, 3.05) is 27.8 Å². The van der Waals surface area contributed by atoms with Gasteiger partial charge >= 0.3 is 6.03 Å². The van der Waals surface area contributed by atoms with Gasteiger partial charge in [0.1, 0.15) is 11.5 Å². The maximum Gasteiger partial charge on any atom is 0.317 e. The molecule has 1 heterocycles. The van der Waals surface area contributed by atoms with Gasteiger partial charge in [0, 0.05) is 25.2 Å². The number of benzene rings is 1. The van der Waals surface area contributed by atoms with Gasteiger partial charge < -0.3 is 19.7 Å². The molecule has 0 saturated carbocycles. The minimum absolute atomic E-state index is 0.0386. The Labute approximate surface area is 107 Å². The fourth-order valence-corrected chi connectivity index (χ4v) is 2.29. The van der Waals surface area contributed by atoms with E-state index in [1.165, 1.54) is 0 Å². The van der Waals surface area contributed by atoms with E-state index in [4.69, 9.17) is 9.47 Å². The number of carbonyl (C=O) groups is 1. The number of amides is 2. The maximum absolute atomic E-state index is 11.5. The minimum Gasteiger partial charge on any atom is -0.497 e. The third kappa shape index (κ3) is 2.08. The van der Waals surface area contributed by atoms with E-state index in [9.17, 15) is 4.79 Å². The first-order chi connectivity index (χ1) is 8.56. The number of carbonyl (C=O) groups excluding carboxylic acids is 1. The molecule has 5 heteroatoms. The normalized spacial score (nSPS) is 18.8. The second-order valence-electron chi connectivity index (χ2n) is 4.44. The Hall–Kier alpha value is -1.91. The Balaban J connectivity index is 2.41. The Morgan fingerprint density at radius 3 is 2.56 bits per heavy atom. The van der Waals surface area contributed by atoms with E-state index in [1.807, 2.05) is 19.1 Å². The Morgan fingerprint density at radius 2 is 2.06 bits per heavy atom. The van der Waals surface area contributed by atoms with Crippen molar-refractivity contribution >= 4 is 6.03 Å². The molecule has 1 atom stereocenters. The molecule has 1 aliphatic rings. The molecule has 1 aromatic rings. The third-order valence-corrected chi connectivity index (χ3v) is 3.23. The number of nitrogens with one attached hydrogen (secondary N) is 1. The number of rotatable bonds is 3. The molecule has 1 aliphatic heterocycles. The summed E-state index contributed by atoms with van der Waals surface area (Å²) in [4.78, 5) is 13.2. The van der Waals surface area contributed by atoms with Crippen LogP contribution < -0.4 is 14.8 Å². The van der Waals surface area contributed by atoms with Gasteiger partial charge in [-0.2, -0.15) is 0 Å². The van der Waals surface area contributed by atoms with E-state index < -0.39 is 0 Å². The molecule has 18 heavy (non-hydrogen) atoms. The van der Waals surface area contributed by atoms with E-state index in [0.29, 0.717) is 6.54 Å². The maximum atomic E-state index is 11.5. The standard InChI is InChI=1S/C13H18N2O3/c1-8-5-9(17-3)6-11(18-4)12(8)10-7-15(2)13(16)14-10/h5-6,10H,7H2,1-4H3,(H,14,16). The zero-order valence-corrected chi connectivity index (χ0v) is 11.1. The lowest BCUT2D eigenvalue weighted by molar-refractivity contribution is 0.226. The summed E-state index contributed by atoms with van der Waals surface area (Å²) in [5, 5.41) is 2.94. The predicted molar refractivity (Wildman–Crippen MR) is 68.2 cm³/mol. The topological polar surface area (TPSA) is 50.8 Å². The van der Waals surface area contributed by atoms with Crippen LogP contribution in [0, 0.1) is 6.92 Å². The van der Waals surface area contributed by atoms with Crippen molar-refractivity contribution in [2.45, 2.75) is 13.0 Å². The van der Waals surface area contributed by atoms with Crippen LogP contribution in [0.2, 0.25) is 0 Å². The van der Waals surface area contributed by atoms with E-state index in [0.717, 1.165) is 22.6 Å². The Morgan fingerprint density at radius 1 is 1.33 bits per heavy atom. The summed E-state index contributed by atoms with van der Waals surface area (Å²) < 4.78 is 10.6. The predicted octanol–water partition coefficient (Wildman–Crippen LogP) is 1.71. The second-order valence-corrected chi connectivity index (χ2v) is 4.44. The molecule has 2 amide bonds. The smallest absolute Gasteiger partial charge is 0.317 e. The van der Waals surface area contributed by atoms with E-state index in [2.05, 4.69) is 5.32 Å². The number of urea groups is 1. The number of methoxy groups -OCH3 is 2. The van der Waals surface area contributed by atoms with Crippen molar-refractivity contribution in [3.05, 3.63) is 23.3 Å². The van der Waals surface area contributed by atoms with Gasteiger partial charge in [0.15, 0.2) is 0 Å². The lowest BCUT2D eigenvalue weighted by atomic mass is 10.00. The van der Waals surface area contributed by atoms with E-state index in [1.54, 1.807) is 26.2 Å². The molecule has 0 aliphatic carbocycles. The van der Waals surface area contributed by atoms with Gasteiger partial charge in [-0.15, -0.1) is 0 Å². The van der Waals surface area contributed by atoms with Crippen molar-refractivity contribution in [3.63, 3.8) is 0 Å². The molecule has 1 unspecified atom stereocenters. The zero-order valence-electron chi connectivity index (χ0n) is 11.1. The van der Waals surface area contributed by atoms with Crippen molar-refractivity contribution in [2.24, 2.45) is 0 Å².